The van der Waals surface area contributed by atoms with Gasteiger partial charge in [-0.1, -0.05) is 407 Å². The predicted molar refractivity (Wildman–Crippen MR) is 423 cm³/mol. The third-order valence-electron chi connectivity index (χ3n) is 19.9. The van der Waals surface area contributed by atoms with Crippen LogP contribution in [0.2, 0.25) is 0 Å². The fourth-order valence-electron chi connectivity index (χ4n) is 13.2. The third-order valence-corrected chi connectivity index (χ3v) is 21.8. The lowest BCUT2D eigenvalue weighted by molar-refractivity contribution is -0.161. The molecule has 3 N–H and O–H groups in total. The number of phosphoric ester groups is 2. The summed E-state index contributed by atoms with van der Waals surface area (Å²) >= 11 is 0. The first-order valence-corrected chi connectivity index (χ1v) is 46.8. The van der Waals surface area contributed by atoms with Crippen molar-refractivity contribution >= 4 is 39.5 Å². The second-order valence-electron chi connectivity index (χ2n) is 30.2. The topological polar surface area (TPSA) is 237 Å². The van der Waals surface area contributed by atoms with E-state index in [0.29, 0.717) is 25.7 Å². The highest BCUT2D eigenvalue weighted by molar-refractivity contribution is 7.47. The zero-order valence-electron chi connectivity index (χ0n) is 67.3. The Balaban J connectivity index is 5.17. The van der Waals surface area contributed by atoms with Crippen molar-refractivity contribution in [2.75, 3.05) is 39.6 Å². The Bertz CT molecular complexity index is 1950. The molecule has 19 heteroatoms. The normalized spacial score (nSPS) is 13.7. The van der Waals surface area contributed by atoms with Gasteiger partial charge in [-0.25, -0.2) is 9.13 Å². The SMILES string of the molecule is CCCCCCCCCCCCCCCCCCCCCCCCC(=O)O[C@H](COC(=O)CCCCCCCCCCCCCCCCCCCCCC)COP(=O)(O)OC[C@@H](O)COP(=O)(O)OC[C@@H](COC(=O)CCCCCCCCCCC)OC(=O)CCCCCCCCCCCCCC. The van der Waals surface area contributed by atoms with Crippen molar-refractivity contribution < 1.29 is 80.2 Å². The molecule has 0 aliphatic heterocycles. The van der Waals surface area contributed by atoms with Gasteiger partial charge in [-0.15, -0.1) is 0 Å². The van der Waals surface area contributed by atoms with E-state index >= 15 is 0 Å². The van der Waals surface area contributed by atoms with Crippen LogP contribution in [0.25, 0.3) is 0 Å². The number of ether oxygens (including phenoxy) is 4. The van der Waals surface area contributed by atoms with Crippen LogP contribution < -0.4 is 0 Å². The van der Waals surface area contributed by atoms with Crippen LogP contribution in [0.5, 0.6) is 0 Å². The number of hydrogen-bond acceptors (Lipinski definition) is 15. The molecule has 0 aromatic rings. The molecular formula is C84H164O17P2. The van der Waals surface area contributed by atoms with Gasteiger partial charge in [-0.2, -0.15) is 0 Å². The van der Waals surface area contributed by atoms with Gasteiger partial charge in [0.2, 0.25) is 0 Å². The number of hydrogen-bond donors (Lipinski definition) is 3. The summed E-state index contributed by atoms with van der Waals surface area (Å²) in [6, 6.07) is 0. The number of unbranched alkanes of at least 4 members (excludes halogenated alkanes) is 59. The minimum atomic E-state index is -4.96. The fraction of sp³-hybridized carbons (Fsp3) is 0.952. The summed E-state index contributed by atoms with van der Waals surface area (Å²) in [5.74, 6) is -2.10. The maximum Gasteiger partial charge on any atom is 0.472 e. The van der Waals surface area contributed by atoms with Crippen LogP contribution in [0.1, 0.15) is 458 Å². The minimum absolute atomic E-state index is 0.108. The van der Waals surface area contributed by atoms with Crippen molar-refractivity contribution in [3.63, 3.8) is 0 Å². The summed E-state index contributed by atoms with van der Waals surface area (Å²) in [6.45, 7) is 5.02. The Kier molecular flexibility index (Phi) is 76.7. The van der Waals surface area contributed by atoms with Gasteiger partial charge >= 0.3 is 39.5 Å². The monoisotopic (exact) mass is 1510 g/mol. The molecule has 0 aliphatic rings. The van der Waals surface area contributed by atoms with Gasteiger partial charge < -0.3 is 33.8 Å². The standard InChI is InChI=1S/C84H164O17P2/c1-5-9-13-17-21-25-28-31-33-35-37-39-40-42-44-46-48-51-55-59-63-67-71-84(89)101-80(75-95-82(87)69-65-61-57-53-50-47-45-43-41-38-36-34-32-29-26-22-18-14-10-6-2)77-99-103(92,93)97-73-78(85)72-96-102(90,91)98-76-79(74-94-81(86)68-64-60-56-52-24-20-16-12-8-4)100-83(88)70-66-62-58-54-49-30-27-23-19-15-11-7-3/h78-80,85H,5-77H2,1-4H3,(H,90,91)(H,92,93)/t78-,79+,80+/m0/s1. The zero-order valence-corrected chi connectivity index (χ0v) is 69.1. The first-order chi connectivity index (χ1) is 50.2. The molecule has 2 unspecified atom stereocenters. The van der Waals surface area contributed by atoms with Crippen molar-refractivity contribution in [2.45, 2.75) is 476 Å². The Morgan fingerprint density at radius 2 is 0.388 bits per heavy atom. The van der Waals surface area contributed by atoms with Crippen LogP contribution in [0, 0.1) is 0 Å². The molecule has 17 nitrogen and oxygen atoms in total. The molecular weight excluding hydrogens is 1340 g/mol. The quantitative estimate of drug-likeness (QED) is 0.0222. The molecule has 0 spiro atoms. The Labute approximate surface area is 632 Å². The average molecular weight is 1510 g/mol. The van der Waals surface area contributed by atoms with Crippen LogP contribution in [-0.4, -0.2) is 96.7 Å². The van der Waals surface area contributed by atoms with E-state index in [-0.39, 0.29) is 25.7 Å². The lowest BCUT2D eigenvalue weighted by Crippen LogP contribution is -2.30. The smallest absolute Gasteiger partial charge is 0.462 e. The van der Waals surface area contributed by atoms with E-state index in [4.69, 9.17) is 37.0 Å². The van der Waals surface area contributed by atoms with E-state index < -0.39 is 97.5 Å². The van der Waals surface area contributed by atoms with Gasteiger partial charge in [0, 0.05) is 25.7 Å². The average Bonchev–Trinajstić information content (AvgIpc) is 0.911. The third kappa shape index (κ3) is 78.0. The number of carbonyl (C=O) groups is 4. The van der Waals surface area contributed by atoms with Crippen LogP contribution in [0.4, 0.5) is 0 Å². The predicted octanol–water partition coefficient (Wildman–Crippen LogP) is 25.7. The number of phosphoric acid groups is 2. The zero-order chi connectivity index (χ0) is 75.3. The number of carbonyl (C=O) groups excluding carboxylic acids is 4. The molecule has 0 aromatic carbocycles. The van der Waals surface area contributed by atoms with Gasteiger partial charge in [-0.05, 0) is 25.7 Å². The van der Waals surface area contributed by atoms with Gasteiger partial charge in [0.05, 0.1) is 26.4 Å². The van der Waals surface area contributed by atoms with Crippen molar-refractivity contribution in [1.29, 1.82) is 0 Å². The molecule has 0 rings (SSSR count). The summed E-state index contributed by atoms with van der Waals surface area (Å²) in [5.41, 5.74) is 0. The van der Waals surface area contributed by atoms with Crippen LogP contribution in [0.15, 0.2) is 0 Å². The fourth-order valence-corrected chi connectivity index (χ4v) is 14.7. The largest absolute Gasteiger partial charge is 0.472 e. The number of aliphatic hydroxyl groups excluding tert-OH is 1. The molecule has 0 radical (unpaired) electrons. The van der Waals surface area contributed by atoms with Crippen molar-refractivity contribution in [3.05, 3.63) is 0 Å². The molecule has 0 saturated carbocycles. The summed E-state index contributed by atoms with van der Waals surface area (Å²) in [7, 11) is -9.92. The molecule has 612 valence electrons. The molecule has 0 bridgehead atoms. The molecule has 0 amide bonds. The van der Waals surface area contributed by atoms with Crippen molar-refractivity contribution in [3.8, 4) is 0 Å². The number of aliphatic hydroxyl groups is 1. The van der Waals surface area contributed by atoms with Crippen molar-refractivity contribution in [1.82, 2.24) is 0 Å². The highest BCUT2D eigenvalue weighted by Gasteiger charge is 2.30. The first kappa shape index (κ1) is 101. The van der Waals surface area contributed by atoms with Gasteiger partial charge in [0.25, 0.3) is 0 Å². The summed E-state index contributed by atoms with van der Waals surface area (Å²) in [5, 5.41) is 10.6. The molecule has 0 aromatic heterocycles. The first-order valence-electron chi connectivity index (χ1n) is 43.8. The maximum absolute atomic E-state index is 13.1. The van der Waals surface area contributed by atoms with Gasteiger partial charge in [0.15, 0.2) is 12.2 Å². The molecule has 0 heterocycles. The second-order valence-corrected chi connectivity index (χ2v) is 33.1. The maximum atomic E-state index is 13.1. The van der Waals surface area contributed by atoms with E-state index in [9.17, 15) is 43.2 Å². The highest BCUT2D eigenvalue weighted by atomic mass is 31.2. The van der Waals surface area contributed by atoms with Crippen LogP contribution in [-0.2, 0) is 65.4 Å². The van der Waals surface area contributed by atoms with E-state index in [1.165, 1.54) is 289 Å². The molecule has 0 fully saturated rings. The minimum Gasteiger partial charge on any atom is -0.462 e. The van der Waals surface area contributed by atoms with Crippen LogP contribution >= 0.6 is 15.6 Å². The number of esters is 4. The summed E-state index contributed by atoms with van der Waals surface area (Å²) in [4.78, 5) is 73.0. The van der Waals surface area contributed by atoms with E-state index in [1.54, 1.807) is 0 Å². The van der Waals surface area contributed by atoms with Gasteiger partial charge in [0.1, 0.15) is 19.3 Å². The summed E-state index contributed by atoms with van der Waals surface area (Å²) in [6.07, 6.45) is 72.4. The molecule has 0 saturated heterocycles. The van der Waals surface area contributed by atoms with Gasteiger partial charge in [-0.3, -0.25) is 37.3 Å². The van der Waals surface area contributed by atoms with Crippen molar-refractivity contribution in [2.24, 2.45) is 0 Å². The Morgan fingerprint density at radius 3 is 0.573 bits per heavy atom. The second kappa shape index (κ2) is 78.2. The molecule has 5 atom stereocenters. The van der Waals surface area contributed by atoms with Crippen LogP contribution in [0.3, 0.4) is 0 Å². The lowest BCUT2D eigenvalue weighted by atomic mass is 10.0. The van der Waals surface area contributed by atoms with E-state index in [2.05, 4.69) is 27.7 Å². The number of rotatable bonds is 85. The summed E-state index contributed by atoms with van der Waals surface area (Å²) < 4.78 is 68.7. The van der Waals surface area contributed by atoms with E-state index in [1.807, 2.05) is 0 Å². The lowest BCUT2D eigenvalue weighted by Gasteiger charge is -2.21. The molecule has 103 heavy (non-hydrogen) atoms. The highest BCUT2D eigenvalue weighted by Crippen LogP contribution is 2.45. The Hall–Kier alpha value is -1.94. The Morgan fingerprint density at radius 1 is 0.233 bits per heavy atom. The van der Waals surface area contributed by atoms with E-state index in [0.717, 1.165) is 89.9 Å². The molecule has 0 aliphatic carbocycles.